The summed E-state index contributed by atoms with van der Waals surface area (Å²) in [6.07, 6.45) is 2.42. The molecule has 92 valence electrons. The summed E-state index contributed by atoms with van der Waals surface area (Å²) in [5.74, 6) is -0.762. The summed E-state index contributed by atoms with van der Waals surface area (Å²) in [4.78, 5) is 22.2. The molecule has 1 rings (SSSR count). The fourth-order valence-electron chi connectivity index (χ4n) is 2.03. The molecular formula is C11H20N2O3. The lowest BCUT2D eigenvalue weighted by molar-refractivity contribution is -0.145. The van der Waals surface area contributed by atoms with Crippen molar-refractivity contribution in [2.75, 3.05) is 6.54 Å². The fourth-order valence-corrected chi connectivity index (χ4v) is 2.03. The molecule has 0 aromatic rings. The molecule has 0 aromatic heterocycles. The lowest BCUT2D eigenvalue weighted by Gasteiger charge is -2.29. The van der Waals surface area contributed by atoms with Crippen LogP contribution < -0.4 is 10.6 Å². The number of rotatable bonds is 6. The monoisotopic (exact) mass is 228 g/mol. The van der Waals surface area contributed by atoms with Crippen molar-refractivity contribution in [3.05, 3.63) is 0 Å². The van der Waals surface area contributed by atoms with E-state index in [0.717, 1.165) is 6.42 Å². The van der Waals surface area contributed by atoms with Gasteiger partial charge in [-0.2, -0.15) is 0 Å². The number of hydrogen-bond acceptors (Lipinski definition) is 3. The Labute approximate surface area is 95.6 Å². The predicted molar refractivity (Wildman–Crippen MR) is 60.1 cm³/mol. The van der Waals surface area contributed by atoms with Crippen LogP contribution in [0.15, 0.2) is 0 Å². The molecule has 1 aliphatic heterocycles. The molecule has 0 radical (unpaired) electrons. The number of carbonyl (C=O) groups excluding carboxylic acids is 1. The highest BCUT2D eigenvalue weighted by molar-refractivity contribution is 5.79. The van der Waals surface area contributed by atoms with Crippen LogP contribution >= 0.6 is 0 Å². The van der Waals surface area contributed by atoms with Gasteiger partial charge in [0.1, 0.15) is 5.54 Å². The third-order valence-corrected chi connectivity index (χ3v) is 3.39. The van der Waals surface area contributed by atoms with E-state index in [-0.39, 0.29) is 11.9 Å². The van der Waals surface area contributed by atoms with Crippen molar-refractivity contribution in [1.29, 1.82) is 0 Å². The molecule has 5 nitrogen and oxygen atoms in total. The number of amides is 1. The Morgan fingerprint density at radius 2 is 2.19 bits per heavy atom. The fraction of sp³-hybridized carbons (Fsp3) is 0.818. The molecule has 0 saturated carbocycles. The third kappa shape index (κ3) is 2.72. The summed E-state index contributed by atoms with van der Waals surface area (Å²) in [5, 5.41) is 15.1. The van der Waals surface area contributed by atoms with E-state index in [4.69, 9.17) is 0 Å². The molecule has 1 unspecified atom stereocenters. The first kappa shape index (κ1) is 13.0. The normalized spacial score (nSPS) is 20.9. The van der Waals surface area contributed by atoms with Crippen LogP contribution in [0, 0.1) is 0 Å². The van der Waals surface area contributed by atoms with E-state index in [1.165, 1.54) is 0 Å². The van der Waals surface area contributed by atoms with Gasteiger partial charge < -0.3 is 10.4 Å². The molecule has 1 saturated heterocycles. The summed E-state index contributed by atoms with van der Waals surface area (Å²) in [5.41, 5.74) is -0.854. The number of aliphatic carboxylic acids is 1. The Bertz CT molecular complexity index is 274. The van der Waals surface area contributed by atoms with Gasteiger partial charge in [0.05, 0.1) is 0 Å². The minimum absolute atomic E-state index is 0.0562. The van der Waals surface area contributed by atoms with Gasteiger partial charge in [-0.15, -0.1) is 0 Å². The maximum Gasteiger partial charge on any atom is 0.323 e. The summed E-state index contributed by atoms with van der Waals surface area (Å²) in [6, 6.07) is 0.0734. The number of carboxylic acids is 1. The van der Waals surface area contributed by atoms with Crippen molar-refractivity contribution < 1.29 is 14.7 Å². The lowest BCUT2D eigenvalue weighted by Crippen LogP contribution is -2.54. The average molecular weight is 228 g/mol. The van der Waals surface area contributed by atoms with Crippen LogP contribution in [0.4, 0.5) is 0 Å². The first-order chi connectivity index (χ1) is 7.54. The Kier molecular flexibility index (Phi) is 4.29. The molecule has 0 aromatic carbocycles. The zero-order valence-corrected chi connectivity index (χ0v) is 9.88. The van der Waals surface area contributed by atoms with Gasteiger partial charge in [0.25, 0.3) is 0 Å². The predicted octanol–water partition coefficient (Wildman–Crippen LogP) is 0.498. The summed E-state index contributed by atoms with van der Waals surface area (Å²) in [7, 11) is 0. The molecule has 3 N–H and O–H groups in total. The summed E-state index contributed by atoms with van der Waals surface area (Å²) in [6.45, 7) is 4.25. The maximum atomic E-state index is 11.2. The SMILES string of the molecule is CCC(CC)(NCC1CCC(=O)N1)C(=O)O. The first-order valence-corrected chi connectivity index (χ1v) is 5.82. The maximum absolute atomic E-state index is 11.2. The standard InChI is InChI=1S/C11H20N2O3/c1-3-11(4-2,10(15)16)12-7-8-5-6-9(14)13-8/h8,12H,3-7H2,1-2H3,(H,13,14)(H,15,16). The Morgan fingerprint density at radius 1 is 1.56 bits per heavy atom. The Balaban J connectivity index is 2.50. The van der Waals surface area contributed by atoms with Crippen molar-refractivity contribution in [1.82, 2.24) is 10.6 Å². The van der Waals surface area contributed by atoms with Crippen LogP contribution in [-0.2, 0) is 9.59 Å². The number of hydrogen-bond donors (Lipinski definition) is 3. The lowest BCUT2D eigenvalue weighted by atomic mass is 9.92. The first-order valence-electron chi connectivity index (χ1n) is 5.82. The molecule has 5 heteroatoms. The molecule has 1 atom stereocenters. The molecule has 16 heavy (non-hydrogen) atoms. The van der Waals surface area contributed by atoms with Gasteiger partial charge in [0.15, 0.2) is 0 Å². The van der Waals surface area contributed by atoms with Gasteiger partial charge in [0, 0.05) is 19.0 Å². The van der Waals surface area contributed by atoms with Crippen LogP contribution in [0.3, 0.4) is 0 Å². The molecular weight excluding hydrogens is 208 g/mol. The van der Waals surface area contributed by atoms with E-state index in [1.54, 1.807) is 0 Å². The zero-order valence-electron chi connectivity index (χ0n) is 9.88. The highest BCUT2D eigenvalue weighted by atomic mass is 16.4. The molecule has 1 aliphatic rings. The van der Waals surface area contributed by atoms with E-state index in [1.807, 2.05) is 13.8 Å². The highest BCUT2D eigenvalue weighted by Crippen LogP contribution is 2.16. The van der Waals surface area contributed by atoms with Crippen molar-refractivity contribution in [2.45, 2.75) is 51.1 Å². The smallest absolute Gasteiger partial charge is 0.323 e. The minimum atomic E-state index is -0.854. The number of carbonyl (C=O) groups is 2. The summed E-state index contributed by atoms with van der Waals surface area (Å²) >= 11 is 0. The molecule has 1 heterocycles. The van der Waals surface area contributed by atoms with Gasteiger partial charge in [0.2, 0.25) is 5.91 Å². The second kappa shape index (κ2) is 5.30. The minimum Gasteiger partial charge on any atom is -0.480 e. The molecule has 0 spiro atoms. The highest BCUT2D eigenvalue weighted by Gasteiger charge is 2.35. The van der Waals surface area contributed by atoms with Crippen molar-refractivity contribution in [3.8, 4) is 0 Å². The molecule has 0 bridgehead atoms. The third-order valence-electron chi connectivity index (χ3n) is 3.39. The van der Waals surface area contributed by atoms with E-state index in [9.17, 15) is 14.7 Å². The van der Waals surface area contributed by atoms with Gasteiger partial charge in [-0.1, -0.05) is 13.8 Å². The van der Waals surface area contributed by atoms with E-state index >= 15 is 0 Å². The molecule has 1 fully saturated rings. The van der Waals surface area contributed by atoms with Gasteiger partial charge in [-0.3, -0.25) is 14.9 Å². The van der Waals surface area contributed by atoms with Crippen LogP contribution in [-0.4, -0.2) is 35.1 Å². The largest absolute Gasteiger partial charge is 0.480 e. The van der Waals surface area contributed by atoms with Crippen molar-refractivity contribution in [2.24, 2.45) is 0 Å². The quantitative estimate of drug-likeness (QED) is 0.618. The van der Waals surface area contributed by atoms with Gasteiger partial charge in [-0.05, 0) is 19.3 Å². The van der Waals surface area contributed by atoms with Gasteiger partial charge >= 0.3 is 5.97 Å². The van der Waals surface area contributed by atoms with Crippen LogP contribution in [0.1, 0.15) is 39.5 Å². The van der Waals surface area contributed by atoms with E-state index in [0.29, 0.717) is 25.8 Å². The van der Waals surface area contributed by atoms with Crippen LogP contribution in [0.5, 0.6) is 0 Å². The van der Waals surface area contributed by atoms with Crippen LogP contribution in [0.25, 0.3) is 0 Å². The average Bonchev–Trinajstić information content (AvgIpc) is 2.66. The molecule has 0 aliphatic carbocycles. The Hall–Kier alpha value is -1.10. The second-order valence-electron chi connectivity index (χ2n) is 4.28. The van der Waals surface area contributed by atoms with E-state index in [2.05, 4.69) is 10.6 Å². The van der Waals surface area contributed by atoms with Crippen molar-refractivity contribution >= 4 is 11.9 Å². The van der Waals surface area contributed by atoms with Crippen LogP contribution in [0.2, 0.25) is 0 Å². The summed E-state index contributed by atoms with van der Waals surface area (Å²) < 4.78 is 0. The number of nitrogens with one attached hydrogen (secondary N) is 2. The molecule has 1 amide bonds. The zero-order chi connectivity index (χ0) is 12.2. The Morgan fingerprint density at radius 3 is 2.56 bits per heavy atom. The van der Waals surface area contributed by atoms with Crippen molar-refractivity contribution in [3.63, 3.8) is 0 Å². The topological polar surface area (TPSA) is 78.4 Å². The number of carboxylic acid groups (broad SMARTS) is 1. The van der Waals surface area contributed by atoms with Gasteiger partial charge in [-0.25, -0.2) is 0 Å². The van der Waals surface area contributed by atoms with E-state index < -0.39 is 11.5 Å². The second-order valence-corrected chi connectivity index (χ2v) is 4.28.